The zero-order chi connectivity index (χ0) is 16.1. The first-order valence-corrected chi connectivity index (χ1v) is 7.95. The van der Waals surface area contributed by atoms with Gasteiger partial charge >= 0.3 is 0 Å². The number of aromatic hydroxyl groups is 1. The lowest BCUT2D eigenvalue weighted by molar-refractivity contribution is -0.145. The molecule has 0 spiro atoms. The highest BCUT2D eigenvalue weighted by Crippen LogP contribution is 2.33. The quantitative estimate of drug-likeness (QED) is 0.859. The lowest BCUT2D eigenvalue weighted by atomic mass is 9.89. The van der Waals surface area contributed by atoms with Gasteiger partial charge in [0.1, 0.15) is 5.75 Å². The zero-order valence-electron chi connectivity index (χ0n) is 13.0. The van der Waals surface area contributed by atoms with E-state index in [9.17, 15) is 9.90 Å². The number of phenolic OH excluding ortho intramolecular Hbond substituents is 1. The van der Waals surface area contributed by atoms with Crippen molar-refractivity contribution in [2.75, 3.05) is 13.1 Å². The highest BCUT2D eigenvalue weighted by atomic mass is 16.5. The number of likely N-dealkylation sites (tertiary alicyclic amines) is 1. The Bertz CT molecular complexity index is 619. The predicted octanol–water partition coefficient (Wildman–Crippen LogP) is 3.44. The van der Waals surface area contributed by atoms with Gasteiger partial charge < -0.3 is 9.84 Å². The molecule has 4 heteroatoms. The summed E-state index contributed by atoms with van der Waals surface area (Å²) in [6, 6.07) is 17.3. The summed E-state index contributed by atoms with van der Waals surface area (Å²) in [5, 5.41) is 9.40. The third-order valence-corrected chi connectivity index (χ3v) is 4.49. The SMILES string of the molecule is O=COC(c1ccccc1)N1CCC(c2ccc(O)cc2)CC1. The van der Waals surface area contributed by atoms with Gasteiger partial charge in [0.25, 0.3) is 6.47 Å². The van der Waals surface area contributed by atoms with Crippen molar-refractivity contribution in [3.63, 3.8) is 0 Å². The number of carbonyl (C=O) groups is 1. The van der Waals surface area contributed by atoms with Crippen LogP contribution >= 0.6 is 0 Å². The molecule has 23 heavy (non-hydrogen) atoms. The van der Waals surface area contributed by atoms with Crippen molar-refractivity contribution >= 4 is 6.47 Å². The Labute approximate surface area is 136 Å². The summed E-state index contributed by atoms with van der Waals surface area (Å²) < 4.78 is 5.34. The smallest absolute Gasteiger partial charge is 0.294 e. The van der Waals surface area contributed by atoms with Gasteiger partial charge in [0, 0.05) is 18.7 Å². The number of ether oxygens (including phenoxy) is 1. The van der Waals surface area contributed by atoms with Crippen LogP contribution in [-0.4, -0.2) is 29.6 Å². The van der Waals surface area contributed by atoms with Crippen LogP contribution in [0, 0.1) is 0 Å². The average molecular weight is 311 g/mol. The van der Waals surface area contributed by atoms with E-state index in [0.717, 1.165) is 31.5 Å². The van der Waals surface area contributed by atoms with E-state index in [1.54, 1.807) is 12.1 Å². The number of carbonyl (C=O) groups excluding carboxylic acids is 1. The van der Waals surface area contributed by atoms with Gasteiger partial charge in [0.2, 0.25) is 0 Å². The van der Waals surface area contributed by atoms with E-state index in [4.69, 9.17) is 4.74 Å². The maximum absolute atomic E-state index is 10.9. The first kappa shape index (κ1) is 15.6. The van der Waals surface area contributed by atoms with Crippen molar-refractivity contribution in [1.29, 1.82) is 0 Å². The fourth-order valence-electron chi connectivity index (χ4n) is 3.26. The number of hydrogen-bond acceptors (Lipinski definition) is 4. The molecule has 1 saturated heterocycles. The van der Waals surface area contributed by atoms with Crippen molar-refractivity contribution in [2.45, 2.75) is 25.0 Å². The van der Waals surface area contributed by atoms with Gasteiger partial charge in [-0.25, -0.2) is 0 Å². The molecule has 0 aliphatic carbocycles. The number of nitrogens with zero attached hydrogens (tertiary/aromatic N) is 1. The van der Waals surface area contributed by atoms with Crippen LogP contribution in [-0.2, 0) is 9.53 Å². The molecule has 1 atom stereocenters. The highest BCUT2D eigenvalue weighted by molar-refractivity contribution is 5.38. The lowest BCUT2D eigenvalue weighted by Gasteiger charge is -2.36. The summed E-state index contributed by atoms with van der Waals surface area (Å²) in [4.78, 5) is 13.1. The summed E-state index contributed by atoms with van der Waals surface area (Å²) in [6.45, 7) is 2.28. The third kappa shape index (κ3) is 3.71. The van der Waals surface area contributed by atoms with Crippen molar-refractivity contribution < 1.29 is 14.6 Å². The summed E-state index contributed by atoms with van der Waals surface area (Å²) in [5.74, 6) is 0.786. The molecule has 4 nitrogen and oxygen atoms in total. The monoisotopic (exact) mass is 311 g/mol. The van der Waals surface area contributed by atoms with Gasteiger partial charge in [-0.3, -0.25) is 9.69 Å². The number of rotatable bonds is 5. The Morgan fingerprint density at radius 2 is 1.70 bits per heavy atom. The molecule has 1 aliphatic rings. The van der Waals surface area contributed by atoms with E-state index in [-0.39, 0.29) is 6.23 Å². The summed E-state index contributed by atoms with van der Waals surface area (Å²) in [7, 11) is 0. The second-order valence-electron chi connectivity index (χ2n) is 5.90. The minimum Gasteiger partial charge on any atom is -0.508 e. The van der Waals surface area contributed by atoms with Crippen molar-refractivity contribution in [3.05, 3.63) is 65.7 Å². The number of piperidine rings is 1. The second-order valence-corrected chi connectivity index (χ2v) is 5.90. The van der Waals surface area contributed by atoms with Crippen LogP contribution in [0.5, 0.6) is 5.75 Å². The second kappa shape index (κ2) is 7.29. The molecule has 0 radical (unpaired) electrons. The minimum absolute atomic E-state index is 0.301. The van der Waals surface area contributed by atoms with Crippen LogP contribution in [0.4, 0.5) is 0 Å². The number of hydrogen-bond donors (Lipinski definition) is 1. The van der Waals surface area contributed by atoms with E-state index in [0.29, 0.717) is 18.1 Å². The zero-order valence-corrected chi connectivity index (χ0v) is 13.0. The molecule has 2 aromatic rings. The van der Waals surface area contributed by atoms with Crippen LogP contribution in [0.2, 0.25) is 0 Å². The van der Waals surface area contributed by atoms with Crippen LogP contribution in [0.1, 0.15) is 36.1 Å². The van der Waals surface area contributed by atoms with Gasteiger partial charge in [0.15, 0.2) is 6.23 Å². The Hall–Kier alpha value is -2.33. The van der Waals surface area contributed by atoms with Crippen molar-refractivity contribution in [2.24, 2.45) is 0 Å². The van der Waals surface area contributed by atoms with Crippen LogP contribution < -0.4 is 0 Å². The Balaban J connectivity index is 1.67. The third-order valence-electron chi connectivity index (χ3n) is 4.49. The molecule has 1 heterocycles. The number of phenols is 1. The van der Waals surface area contributed by atoms with Crippen LogP contribution in [0.15, 0.2) is 54.6 Å². The molecule has 0 bridgehead atoms. The summed E-state index contributed by atoms with van der Waals surface area (Å²) in [5.41, 5.74) is 2.26. The molecule has 1 N–H and O–H groups in total. The Morgan fingerprint density at radius 1 is 1.04 bits per heavy atom. The van der Waals surface area contributed by atoms with Gasteiger partial charge in [-0.1, -0.05) is 42.5 Å². The molecule has 0 saturated carbocycles. The first-order valence-electron chi connectivity index (χ1n) is 7.95. The van der Waals surface area contributed by atoms with Crippen LogP contribution in [0.25, 0.3) is 0 Å². The predicted molar refractivity (Wildman–Crippen MR) is 88.0 cm³/mol. The van der Waals surface area contributed by atoms with E-state index in [2.05, 4.69) is 4.90 Å². The van der Waals surface area contributed by atoms with E-state index in [1.807, 2.05) is 42.5 Å². The molecule has 3 rings (SSSR count). The van der Waals surface area contributed by atoms with E-state index in [1.165, 1.54) is 5.56 Å². The fraction of sp³-hybridized carbons (Fsp3) is 0.316. The Morgan fingerprint density at radius 3 is 2.30 bits per heavy atom. The van der Waals surface area contributed by atoms with Crippen molar-refractivity contribution in [1.82, 2.24) is 4.90 Å². The summed E-state index contributed by atoms with van der Waals surface area (Å²) in [6.07, 6.45) is 1.71. The van der Waals surface area contributed by atoms with Gasteiger partial charge in [-0.2, -0.15) is 0 Å². The Kier molecular flexibility index (Phi) is 4.93. The van der Waals surface area contributed by atoms with E-state index >= 15 is 0 Å². The molecule has 120 valence electrons. The molecular formula is C19H21NO3. The van der Waals surface area contributed by atoms with Crippen LogP contribution in [0.3, 0.4) is 0 Å². The molecule has 1 unspecified atom stereocenters. The first-order chi connectivity index (χ1) is 11.3. The molecule has 1 fully saturated rings. The summed E-state index contributed by atoms with van der Waals surface area (Å²) >= 11 is 0. The van der Waals surface area contributed by atoms with Gasteiger partial charge in [0.05, 0.1) is 0 Å². The van der Waals surface area contributed by atoms with Gasteiger partial charge in [-0.15, -0.1) is 0 Å². The average Bonchev–Trinajstić information content (AvgIpc) is 2.61. The minimum atomic E-state index is -0.311. The normalized spacial score (nSPS) is 17.6. The van der Waals surface area contributed by atoms with Gasteiger partial charge in [-0.05, 0) is 36.5 Å². The molecule has 2 aromatic carbocycles. The van der Waals surface area contributed by atoms with E-state index < -0.39 is 0 Å². The fourth-order valence-corrected chi connectivity index (χ4v) is 3.26. The maximum atomic E-state index is 10.9. The highest BCUT2D eigenvalue weighted by Gasteiger charge is 2.27. The molecule has 0 amide bonds. The maximum Gasteiger partial charge on any atom is 0.294 e. The lowest BCUT2D eigenvalue weighted by Crippen LogP contribution is -2.37. The van der Waals surface area contributed by atoms with Crippen molar-refractivity contribution in [3.8, 4) is 5.75 Å². The molecular weight excluding hydrogens is 290 g/mol. The number of benzene rings is 2. The standard InChI is InChI=1S/C19H21NO3/c21-14-23-19(17-4-2-1-3-5-17)20-12-10-16(11-13-20)15-6-8-18(22)9-7-15/h1-9,14,16,19,22H,10-13H2. The topological polar surface area (TPSA) is 49.8 Å². The largest absolute Gasteiger partial charge is 0.508 e. The molecule has 1 aliphatic heterocycles. The molecule has 0 aromatic heterocycles.